The number of aromatic nitrogens is 2. The van der Waals surface area contributed by atoms with Gasteiger partial charge >= 0.3 is 5.97 Å². The summed E-state index contributed by atoms with van der Waals surface area (Å²) in [5, 5.41) is 8.83. The van der Waals surface area contributed by atoms with E-state index in [1.165, 1.54) is 0 Å². The molecule has 0 saturated carbocycles. The molecule has 0 spiro atoms. The quantitative estimate of drug-likeness (QED) is 0.379. The lowest BCUT2D eigenvalue weighted by Crippen LogP contribution is -2.08. The van der Waals surface area contributed by atoms with Crippen LogP contribution in [0.4, 0.5) is 0 Å². The molecule has 6 heteroatoms. The Labute approximate surface area is 167 Å². The number of carbonyl (C=O) groups is 1. The molecular formula is C23H17N3O3. The molecule has 0 unspecified atom stereocenters. The van der Waals surface area contributed by atoms with Crippen molar-refractivity contribution in [3.8, 4) is 17.6 Å². The number of esters is 1. The molecule has 6 nitrogen and oxygen atoms in total. The summed E-state index contributed by atoms with van der Waals surface area (Å²) < 4.78 is 13.1. The Hall–Kier alpha value is -4.11. The highest BCUT2D eigenvalue weighted by atomic mass is 16.5. The number of benzene rings is 2. The lowest BCUT2D eigenvalue weighted by molar-refractivity contribution is 0.0734. The number of fused-ring (bicyclic) bond motifs is 1. The van der Waals surface area contributed by atoms with Gasteiger partial charge in [-0.15, -0.1) is 0 Å². The minimum absolute atomic E-state index is 0.287. The number of ether oxygens (including phenoxy) is 2. The van der Waals surface area contributed by atoms with Crippen LogP contribution < -0.4 is 9.47 Å². The van der Waals surface area contributed by atoms with Gasteiger partial charge < -0.3 is 13.9 Å². The Kier molecular flexibility index (Phi) is 4.95. The maximum atomic E-state index is 12.4. The van der Waals surface area contributed by atoms with E-state index in [0.29, 0.717) is 22.6 Å². The minimum atomic E-state index is -0.497. The number of pyridine rings is 1. The fourth-order valence-electron chi connectivity index (χ4n) is 2.86. The number of hydrogen-bond donors (Lipinski definition) is 0. The molecule has 0 amide bonds. The predicted molar refractivity (Wildman–Crippen MR) is 107 cm³/mol. The lowest BCUT2D eigenvalue weighted by atomic mass is 10.2. The van der Waals surface area contributed by atoms with Crippen molar-refractivity contribution in [3.63, 3.8) is 0 Å². The van der Waals surface area contributed by atoms with Gasteiger partial charge in [0, 0.05) is 12.4 Å². The Morgan fingerprint density at radius 2 is 1.90 bits per heavy atom. The van der Waals surface area contributed by atoms with E-state index in [2.05, 4.69) is 4.98 Å². The van der Waals surface area contributed by atoms with Crippen molar-refractivity contribution in [1.82, 2.24) is 9.38 Å². The molecule has 2 heterocycles. The molecule has 4 rings (SSSR count). The second-order valence-corrected chi connectivity index (χ2v) is 6.55. The first-order valence-corrected chi connectivity index (χ1v) is 9.00. The van der Waals surface area contributed by atoms with Crippen LogP contribution in [0, 0.1) is 18.3 Å². The first-order chi connectivity index (χ1) is 14.1. The van der Waals surface area contributed by atoms with Crippen LogP contribution >= 0.6 is 0 Å². The second-order valence-electron chi connectivity index (χ2n) is 6.55. The fourth-order valence-corrected chi connectivity index (χ4v) is 2.86. The lowest BCUT2D eigenvalue weighted by Gasteiger charge is -2.07. The van der Waals surface area contributed by atoms with Gasteiger partial charge in [0.15, 0.2) is 0 Å². The zero-order valence-corrected chi connectivity index (χ0v) is 15.7. The highest BCUT2D eigenvalue weighted by Crippen LogP contribution is 2.18. The SMILES string of the molecule is Cc1ccc2nc(COc3cccc(C(=O)Oc4ccc(C#N)cc4)c3)cn2c1. The number of nitrogens with zero attached hydrogens (tertiary/aromatic N) is 3. The first kappa shape index (κ1) is 18.3. The van der Waals surface area contributed by atoms with E-state index in [1.807, 2.05) is 41.9 Å². The van der Waals surface area contributed by atoms with Gasteiger partial charge in [-0.3, -0.25) is 0 Å². The maximum Gasteiger partial charge on any atom is 0.343 e. The third-order valence-corrected chi connectivity index (χ3v) is 4.30. The Morgan fingerprint density at radius 3 is 2.69 bits per heavy atom. The number of nitriles is 1. The van der Waals surface area contributed by atoms with Gasteiger partial charge in [0.1, 0.15) is 23.8 Å². The number of aryl methyl sites for hydroxylation is 1. The van der Waals surface area contributed by atoms with Gasteiger partial charge in [0.05, 0.1) is 22.9 Å². The summed E-state index contributed by atoms with van der Waals surface area (Å²) >= 11 is 0. The van der Waals surface area contributed by atoms with Crippen LogP contribution in [0.25, 0.3) is 5.65 Å². The molecule has 0 atom stereocenters. The molecule has 0 aliphatic rings. The Morgan fingerprint density at radius 1 is 1.07 bits per heavy atom. The molecule has 0 N–H and O–H groups in total. The molecule has 0 radical (unpaired) electrons. The molecule has 2 aromatic carbocycles. The van der Waals surface area contributed by atoms with Gasteiger partial charge in [-0.2, -0.15) is 5.26 Å². The molecule has 29 heavy (non-hydrogen) atoms. The average molecular weight is 383 g/mol. The number of carbonyl (C=O) groups excluding carboxylic acids is 1. The van der Waals surface area contributed by atoms with Crippen molar-refractivity contribution < 1.29 is 14.3 Å². The topological polar surface area (TPSA) is 76.6 Å². The van der Waals surface area contributed by atoms with Gasteiger partial charge in [0.2, 0.25) is 0 Å². The average Bonchev–Trinajstić information content (AvgIpc) is 3.15. The number of hydrogen-bond acceptors (Lipinski definition) is 5. The molecule has 2 aromatic heterocycles. The van der Waals surface area contributed by atoms with E-state index < -0.39 is 5.97 Å². The maximum absolute atomic E-state index is 12.4. The van der Waals surface area contributed by atoms with E-state index in [-0.39, 0.29) is 6.61 Å². The van der Waals surface area contributed by atoms with E-state index in [4.69, 9.17) is 14.7 Å². The monoisotopic (exact) mass is 383 g/mol. The van der Waals surface area contributed by atoms with Crippen LogP contribution in [-0.4, -0.2) is 15.4 Å². The second kappa shape index (κ2) is 7.87. The van der Waals surface area contributed by atoms with E-state index in [1.54, 1.807) is 48.5 Å². The molecule has 0 aliphatic carbocycles. The molecule has 4 aromatic rings. The van der Waals surface area contributed by atoms with Crippen molar-refractivity contribution >= 4 is 11.6 Å². The Bertz CT molecular complexity index is 1220. The standard InChI is InChI=1S/C23H17N3O3/c1-16-5-10-22-25-19(14-26(22)13-16)15-28-21-4-2-3-18(11-21)23(27)29-20-8-6-17(12-24)7-9-20/h2-11,13-14H,15H2,1H3. The van der Waals surface area contributed by atoms with Crippen LogP contribution in [0.1, 0.15) is 27.2 Å². The summed E-state index contributed by atoms with van der Waals surface area (Å²) in [6, 6.07) is 19.2. The highest BCUT2D eigenvalue weighted by Gasteiger charge is 2.10. The highest BCUT2D eigenvalue weighted by molar-refractivity contribution is 5.91. The first-order valence-electron chi connectivity index (χ1n) is 9.00. The molecule has 142 valence electrons. The fraction of sp³-hybridized carbons (Fsp3) is 0.0870. The van der Waals surface area contributed by atoms with Crippen molar-refractivity contribution in [1.29, 1.82) is 5.26 Å². The molecule has 0 fully saturated rings. The normalized spacial score (nSPS) is 10.5. The van der Waals surface area contributed by atoms with Crippen molar-refractivity contribution in [3.05, 3.63) is 95.4 Å². The molecule has 0 aliphatic heterocycles. The van der Waals surface area contributed by atoms with Crippen LogP contribution in [0.2, 0.25) is 0 Å². The number of imidazole rings is 1. The summed E-state index contributed by atoms with van der Waals surface area (Å²) in [5.74, 6) is 0.427. The van der Waals surface area contributed by atoms with Crippen LogP contribution in [0.3, 0.4) is 0 Å². The zero-order valence-electron chi connectivity index (χ0n) is 15.7. The van der Waals surface area contributed by atoms with Gasteiger partial charge in [-0.05, 0) is 61.0 Å². The minimum Gasteiger partial charge on any atom is -0.487 e. The summed E-state index contributed by atoms with van der Waals surface area (Å²) in [7, 11) is 0. The predicted octanol–water partition coefficient (Wildman–Crippen LogP) is 4.31. The summed E-state index contributed by atoms with van der Waals surface area (Å²) in [6.45, 7) is 2.31. The molecular weight excluding hydrogens is 366 g/mol. The summed E-state index contributed by atoms with van der Waals surface area (Å²) in [5.41, 5.74) is 3.67. The molecule has 0 saturated heterocycles. The van der Waals surface area contributed by atoms with E-state index >= 15 is 0 Å². The van der Waals surface area contributed by atoms with Crippen LogP contribution in [-0.2, 0) is 6.61 Å². The van der Waals surface area contributed by atoms with Crippen molar-refractivity contribution in [2.24, 2.45) is 0 Å². The summed E-state index contributed by atoms with van der Waals surface area (Å²) in [6.07, 6.45) is 3.93. The van der Waals surface area contributed by atoms with E-state index in [0.717, 1.165) is 16.9 Å². The number of rotatable bonds is 5. The van der Waals surface area contributed by atoms with Crippen molar-refractivity contribution in [2.75, 3.05) is 0 Å². The largest absolute Gasteiger partial charge is 0.487 e. The van der Waals surface area contributed by atoms with Gasteiger partial charge in [-0.25, -0.2) is 9.78 Å². The Balaban J connectivity index is 1.43. The third kappa shape index (κ3) is 4.25. The third-order valence-electron chi connectivity index (χ3n) is 4.30. The summed E-state index contributed by atoms with van der Waals surface area (Å²) in [4.78, 5) is 16.9. The molecule has 0 bridgehead atoms. The smallest absolute Gasteiger partial charge is 0.343 e. The zero-order chi connectivity index (χ0) is 20.2. The van der Waals surface area contributed by atoms with Crippen molar-refractivity contribution in [2.45, 2.75) is 13.5 Å². The van der Waals surface area contributed by atoms with Gasteiger partial charge in [0.25, 0.3) is 0 Å². The van der Waals surface area contributed by atoms with Crippen LogP contribution in [0.5, 0.6) is 11.5 Å². The van der Waals surface area contributed by atoms with Gasteiger partial charge in [-0.1, -0.05) is 12.1 Å². The van der Waals surface area contributed by atoms with Crippen LogP contribution in [0.15, 0.2) is 73.1 Å². The van der Waals surface area contributed by atoms with E-state index in [9.17, 15) is 4.79 Å².